The predicted octanol–water partition coefficient (Wildman–Crippen LogP) is 5.06. The van der Waals surface area contributed by atoms with Gasteiger partial charge in [-0.3, -0.25) is 0 Å². The average molecular weight is 374 g/mol. The molecule has 0 amide bonds. The third-order valence-corrected chi connectivity index (χ3v) is 3.50. The maximum Gasteiger partial charge on any atom is 0.124 e. The summed E-state index contributed by atoms with van der Waals surface area (Å²) in [4.78, 5) is 0. The van der Waals surface area contributed by atoms with Crippen molar-refractivity contribution in [1.29, 1.82) is 0 Å². The fraction of sp³-hybridized carbons (Fsp3) is 0.143. The molecule has 0 heterocycles. The van der Waals surface area contributed by atoms with Gasteiger partial charge in [0.2, 0.25) is 0 Å². The topological polar surface area (TPSA) is 9.23 Å². The molecule has 0 atom stereocenters. The number of benzene rings is 2. The predicted molar refractivity (Wildman–Crippen MR) is 77.5 cm³/mol. The smallest absolute Gasteiger partial charge is 0.124 e. The van der Waals surface area contributed by atoms with E-state index in [2.05, 4.69) is 31.9 Å². The quantitative estimate of drug-likeness (QED) is 0.680. The third kappa shape index (κ3) is 3.56. The highest BCUT2D eigenvalue weighted by Crippen LogP contribution is 2.22. The van der Waals surface area contributed by atoms with E-state index in [1.165, 1.54) is 12.1 Å². The van der Waals surface area contributed by atoms with E-state index in [-0.39, 0.29) is 5.82 Å². The second-order valence-corrected chi connectivity index (χ2v) is 5.28. The van der Waals surface area contributed by atoms with Crippen LogP contribution in [0.1, 0.15) is 11.1 Å². The number of hydrogen-bond donors (Lipinski definition) is 0. The molecule has 2 rings (SSSR count). The molecule has 0 saturated carbocycles. The molecule has 4 heteroatoms. The van der Waals surface area contributed by atoms with Crippen molar-refractivity contribution < 1.29 is 9.13 Å². The molecule has 18 heavy (non-hydrogen) atoms. The molecule has 0 saturated heterocycles. The van der Waals surface area contributed by atoms with Gasteiger partial charge in [-0.05, 0) is 29.8 Å². The molecule has 0 aliphatic heterocycles. The lowest BCUT2D eigenvalue weighted by Gasteiger charge is -2.10. The van der Waals surface area contributed by atoms with E-state index in [0.717, 1.165) is 26.7 Å². The van der Waals surface area contributed by atoms with Gasteiger partial charge < -0.3 is 4.74 Å². The van der Waals surface area contributed by atoms with Crippen molar-refractivity contribution in [2.75, 3.05) is 0 Å². The van der Waals surface area contributed by atoms with Crippen molar-refractivity contribution in [3.05, 3.63) is 63.9 Å². The van der Waals surface area contributed by atoms with Crippen molar-refractivity contribution in [2.24, 2.45) is 0 Å². The molecule has 0 radical (unpaired) electrons. The second kappa shape index (κ2) is 6.34. The van der Waals surface area contributed by atoms with Gasteiger partial charge in [-0.25, -0.2) is 4.39 Å². The maximum atomic E-state index is 13.2. The van der Waals surface area contributed by atoms with Gasteiger partial charge in [0, 0.05) is 15.4 Å². The molecule has 0 N–H and O–H groups in total. The lowest BCUT2D eigenvalue weighted by Crippen LogP contribution is -1.98. The number of halogens is 3. The van der Waals surface area contributed by atoms with E-state index in [0.29, 0.717) is 6.61 Å². The monoisotopic (exact) mass is 372 g/mol. The molecular weight excluding hydrogens is 363 g/mol. The molecule has 94 valence electrons. The van der Waals surface area contributed by atoms with Gasteiger partial charge >= 0.3 is 0 Å². The highest BCUT2D eigenvalue weighted by Gasteiger charge is 2.03. The minimum absolute atomic E-state index is 0.267. The summed E-state index contributed by atoms with van der Waals surface area (Å²) in [5.74, 6) is 0.548. The summed E-state index contributed by atoms with van der Waals surface area (Å²) < 4.78 is 19.6. The van der Waals surface area contributed by atoms with Gasteiger partial charge in [0.1, 0.15) is 18.2 Å². The summed E-state index contributed by atoms with van der Waals surface area (Å²) in [6.07, 6.45) is 0. The molecule has 0 bridgehead atoms. The zero-order chi connectivity index (χ0) is 13.0. The van der Waals surface area contributed by atoms with Crippen molar-refractivity contribution in [2.45, 2.75) is 11.9 Å². The highest BCUT2D eigenvalue weighted by atomic mass is 79.9. The van der Waals surface area contributed by atoms with Gasteiger partial charge in [-0.1, -0.05) is 50.1 Å². The van der Waals surface area contributed by atoms with Gasteiger partial charge in [-0.2, -0.15) is 0 Å². The molecule has 2 aromatic carbocycles. The van der Waals surface area contributed by atoms with Crippen LogP contribution in [0.15, 0.2) is 46.9 Å². The van der Waals surface area contributed by atoms with Crippen molar-refractivity contribution in [3.8, 4) is 5.75 Å². The van der Waals surface area contributed by atoms with E-state index < -0.39 is 0 Å². The van der Waals surface area contributed by atoms with Gasteiger partial charge in [-0.15, -0.1) is 0 Å². The zero-order valence-electron chi connectivity index (χ0n) is 9.50. The van der Waals surface area contributed by atoms with Gasteiger partial charge in [0.05, 0.1) is 0 Å². The van der Waals surface area contributed by atoms with Crippen LogP contribution in [-0.4, -0.2) is 0 Å². The van der Waals surface area contributed by atoms with Crippen LogP contribution in [0.25, 0.3) is 0 Å². The van der Waals surface area contributed by atoms with Crippen molar-refractivity contribution in [3.63, 3.8) is 0 Å². The van der Waals surface area contributed by atoms with E-state index >= 15 is 0 Å². The third-order valence-electron chi connectivity index (χ3n) is 2.43. The molecule has 0 fully saturated rings. The Morgan fingerprint density at radius 2 is 1.89 bits per heavy atom. The Morgan fingerprint density at radius 1 is 1.11 bits per heavy atom. The summed E-state index contributed by atoms with van der Waals surface area (Å²) in [6, 6.07) is 12.5. The second-order valence-electron chi connectivity index (χ2n) is 3.81. The largest absolute Gasteiger partial charge is 0.489 e. The van der Waals surface area contributed by atoms with E-state index in [9.17, 15) is 4.39 Å². The first kappa shape index (κ1) is 13.6. The maximum absolute atomic E-state index is 13.2. The Balaban J connectivity index is 2.11. The average Bonchev–Trinajstić information content (AvgIpc) is 2.35. The minimum Gasteiger partial charge on any atom is -0.489 e. The first-order valence-electron chi connectivity index (χ1n) is 5.40. The number of hydrogen-bond acceptors (Lipinski definition) is 1. The minimum atomic E-state index is -0.267. The Bertz CT molecular complexity index is 523. The Labute approximate surface area is 122 Å². The number of ether oxygens (including phenoxy) is 1. The molecule has 0 spiro atoms. The summed E-state index contributed by atoms with van der Waals surface area (Å²) in [6.45, 7) is 0.348. The Morgan fingerprint density at radius 3 is 2.61 bits per heavy atom. The van der Waals surface area contributed by atoms with Crippen LogP contribution in [0, 0.1) is 5.82 Å². The van der Waals surface area contributed by atoms with E-state index in [4.69, 9.17) is 4.74 Å². The number of alkyl halides is 1. The molecular formula is C14H11Br2FO. The van der Waals surface area contributed by atoms with Crippen LogP contribution in [-0.2, 0) is 11.9 Å². The molecule has 0 aromatic heterocycles. The van der Waals surface area contributed by atoms with Gasteiger partial charge in [0.25, 0.3) is 0 Å². The standard InChI is InChI=1S/C14H11Br2FO/c15-8-11-3-1-2-4-14(11)18-9-10-5-12(16)7-13(17)6-10/h1-7H,8-9H2. The van der Waals surface area contributed by atoms with Crippen LogP contribution >= 0.6 is 31.9 Å². The molecule has 0 unspecified atom stereocenters. The highest BCUT2D eigenvalue weighted by molar-refractivity contribution is 9.10. The first-order chi connectivity index (χ1) is 8.69. The molecule has 0 aliphatic rings. The molecule has 2 aromatic rings. The summed E-state index contributed by atoms with van der Waals surface area (Å²) in [5, 5.41) is 0.732. The van der Waals surface area contributed by atoms with Crippen LogP contribution in [0.3, 0.4) is 0 Å². The van der Waals surface area contributed by atoms with Crippen molar-refractivity contribution in [1.82, 2.24) is 0 Å². The fourth-order valence-corrected chi connectivity index (χ4v) is 2.59. The fourth-order valence-electron chi connectivity index (χ4n) is 1.61. The van der Waals surface area contributed by atoms with E-state index in [1.54, 1.807) is 0 Å². The molecule has 1 nitrogen and oxygen atoms in total. The SMILES string of the molecule is Fc1cc(Br)cc(COc2ccccc2CBr)c1. The summed E-state index contributed by atoms with van der Waals surface area (Å²) in [7, 11) is 0. The van der Waals surface area contributed by atoms with E-state index in [1.807, 2.05) is 30.3 Å². The van der Waals surface area contributed by atoms with Crippen LogP contribution in [0.2, 0.25) is 0 Å². The first-order valence-corrected chi connectivity index (χ1v) is 7.32. The zero-order valence-corrected chi connectivity index (χ0v) is 12.7. The van der Waals surface area contributed by atoms with Crippen molar-refractivity contribution >= 4 is 31.9 Å². The molecule has 0 aliphatic carbocycles. The summed E-state index contributed by atoms with van der Waals surface area (Å²) >= 11 is 6.67. The lowest BCUT2D eigenvalue weighted by atomic mass is 10.2. The number of rotatable bonds is 4. The lowest BCUT2D eigenvalue weighted by molar-refractivity contribution is 0.303. The van der Waals surface area contributed by atoms with Crippen LogP contribution in [0.4, 0.5) is 4.39 Å². The van der Waals surface area contributed by atoms with Crippen LogP contribution in [0.5, 0.6) is 5.75 Å². The Kier molecular flexibility index (Phi) is 4.78. The summed E-state index contributed by atoms with van der Waals surface area (Å²) in [5.41, 5.74) is 1.87. The van der Waals surface area contributed by atoms with Crippen LogP contribution < -0.4 is 4.74 Å². The Hall–Kier alpha value is -0.870. The van der Waals surface area contributed by atoms with Gasteiger partial charge in [0.15, 0.2) is 0 Å². The number of para-hydroxylation sites is 1. The normalized spacial score (nSPS) is 10.4.